The lowest BCUT2D eigenvalue weighted by atomic mass is 9.95. The van der Waals surface area contributed by atoms with Gasteiger partial charge in [-0.05, 0) is 76.7 Å². The van der Waals surface area contributed by atoms with Gasteiger partial charge in [-0.15, -0.1) is 5.10 Å². The van der Waals surface area contributed by atoms with Crippen molar-refractivity contribution in [1.82, 2.24) is 51.1 Å². The van der Waals surface area contributed by atoms with E-state index in [4.69, 9.17) is 25.5 Å². The van der Waals surface area contributed by atoms with Crippen LogP contribution in [0, 0.1) is 0 Å². The Kier molecular flexibility index (Phi) is 19.0. The molecule has 1 aliphatic heterocycles. The average molecular weight is 814 g/mol. The van der Waals surface area contributed by atoms with Crippen molar-refractivity contribution in [3.8, 4) is 0 Å². The predicted molar refractivity (Wildman–Crippen MR) is 222 cm³/mol. The highest BCUT2D eigenvalue weighted by molar-refractivity contribution is 7.45. The third kappa shape index (κ3) is 16.3. The fourth-order valence-electron chi connectivity index (χ4n) is 7.25. The minimum Gasteiger partial charge on any atom is -0.390 e. The van der Waals surface area contributed by atoms with Crippen LogP contribution in [-0.4, -0.2) is 139 Å². The van der Waals surface area contributed by atoms with Gasteiger partial charge in [0.15, 0.2) is 8.38 Å². The lowest BCUT2D eigenvalue weighted by molar-refractivity contribution is -0.123. The van der Waals surface area contributed by atoms with Crippen LogP contribution in [0.4, 0.5) is 11.8 Å². The normalized spacial score (nSPS) is 16.8. The number of fused-ring (bicyclic) bond motifs is 1. The summed E-state index contributed by atoms with van der Waals surface area (Å²) in [6.45, 7) is 6.50. The Morgan fingerprint density at radius 3 is 2.54 bits per heavy atom. The maximum absolute atomic E-state index is 12.3. The zero-order chi connectivity index (χ0) is 40.2. The number of nitrogens with zero attached hydrogens (tertiary/aromatic N) is 6. The maximum atomic E-state index is 12.3. The molecule has 2 fully saturated rings. The zero-order valence-corrected chi connectivity index (χ0v) is 34.0. The third-order valence-corrected chi connectivity index (χ3v) is 11.1. The predicted octanol–water partition coefficient (Wildman–Crippen LogP) is 0.999. The zero-order valence-electron chi connectivity index (χ0n) is 33.1. The fourth-order valence-corrected chi connectivity index (χ4v) is 7.56. The van der Waals surface area contributed by atoms with E-state index in [1.54, 1.807) is 0 Å². The first-order chi connectivity index (χ1) is 27.7. The summed E-state index contributed by atoms with van der Waals surface area (Å²) in [5, 5.41) is 39.7. The van der Waals surface area contributed by atoms with Crippen LogP contribution in [0.1, 0.15) is 76.3 Å². The van der Waals surface area contributed by atoms with Gasteiger partial charge in [-0.2, -0.15) is 4.98 Å². The molecule has 0 bridgehead atoms. The smallest absolute Gasteiger partial charge is 0.236 e. The van der Waals surface area contributed by atoms with Gasteiger partial charge in [-0.25, -0.2) is 4.98 Å². The van der Waals surface area contributed by atoms with E-state index >= 15 is 0 Å². The second-order valence-corrected chi connectivity index (χ2v) is 16.4. The van der Waals surface area contributed by atoms with Crippen molar-refractivity contribution >= 4 is 42.9 Å². The number of nitrogens with two attached hydrogens (primary N) is 1. The Bertz CT molecular complexity index is 1640. The number of amides is 2. The largest absolute Gasteiger partial charge is 0.390 e. The van der Waals surface area contributed by atoms with Gasteiger partial charge in [0, 0.05) is 69.3 Å². The summed E-state index contributed by atoms with van der Waals surface area (Å²) >= 11 is 0. The standard InChI is InChI=1S/C38H64N13O5P/c39-33(37(54)42-19-23-57(55)56)12-13-35(53)43-25-31(52)27-50-21-14-29(15-22-50)45-36-32-10-4-5-11-34(32)46-38(47-36)44-24-30-26-51(49-48-30)20-7-17-40-16-6-18-41-28-8-2-1-3-9-28/h4-5,10-11,26,28-29,31,33,40-41,52,55-56H,1-3,6-9,12-25,27,39H2,(H,42,54)(H,43,53)(H2,44,45,46,47). The molecule has 3 aromatic rings. The van der Waals surface area contributed by atoms with Crippen molar-refractivity contribution in [3.05, 3.63) is 36.2 Å². The van der Waals surface area contributed by atoms with E-state index < -0.39 is 26.4 Å². The number of aliphatic hydroxyl groups is 1. The third-order valence-electron chi connectivity index (χ3n) is 10.5. The lowest BCUT2D eigenvalue weighted by Gasteiger charge is -2.34. The number of aliphatic hydroxyl groups excluding tert-OH is 1. The molecule has 2 atom stereocenters. The summed E-state index contributed by atoms with van der Waals surface area (Å²) in [7, 11) is -2.08. The van der Waals surface area contributed by atoms with Crippen LogP contribution in [0.25, 0.3) is 10.9 Å². The highest BCUT2D eigenvalue weighted by Crippen LogP contribution is 2.25. The van der Waals surface area contributed by atoms with E-state index in [2.05, 4.69) is 47.1 Å². The second-order valence-electron chi connectivity index (χ2n) is 15.2. The molecular formula is C38H64N13O5P. The fraction of sp³-hybridized carbons (Fsp3) is 0.684. The van der Waals surface area contributed by atoms with Crippen molar-refractivity contribution in [2.75, 3.05) is 69.2 Å². The summed E-state index contributed by atoms with van der Waals surface area (Å²) in [5.74, 6) is 0.540. The number of para-hydroxylation sites is 1. The van der Waals surface area contributed by atoms with E-state index in [1.807, 2.05) is 35.1 Å². The number of benzene rings is 1. The van der Waals surface area contributed by atoms with Crippen molar-refractivity contribution < 1.29 is 24.5 Å². The molecule has 57 heavy (non-hydrogen) atoms. The van der Waals surface area contributed by atoms with Crippen molar-refractivity contribution in [3.63, 3.8) is 0 Å². The molecule has 1 saturated carbocycles. The number of nitrogens with one attached hydrogen (secondary N) is 6. The summed E-state index contributed by atoms with van der Waals surface area (Å²) in [6.07, 6.45) is 12.1. The van der Waals surface area contributed by atoms with Gasteiger partial charge in [0.2, 0.25) is 17.8 Å². The number of piperidine rings is 1. The minimum absolute atomic E-state index is 0.0403. The van der Waals surface area contributed by atoms with Crippen LogP contribution >= 0.6 is 8.38 Å². The monoisotopic (exact) mass is 813 g/mol. The first-order valence-electron chi connectivity index (χ1n) is 20.7. The van der Waals surface area contributed by atoms with E-state index in [9.17, 15) is 14.7 Å². The SMILES string of the molecule is NC(CCC(=O)NCC(O)CN1CCC(Nc2nc(NCc3cn(CCCNCCCNC4CCCCC4)nn3)nc3ccccc23)CC1)C(=O)NCCP(O)O. The quantitative estimate of drug-likeness (QED) is 0.0423. The van der Waals surface area contributed by atoms with Crippen LogP contribution in [0.15, 0.2) is 30.5 Å². The van der Waals surface area contributed by atoms with E-state index in [-0.39, 0.29) is 44.0 Å². The van der Waals surface area contributed by atoms with E-state index in [1.165, 1.54) is 32.1 Å². The molecular weight excluding hydrogens is 749 g/mol. The van der Waals surface area contributed by atoms with Gasteiger partial charge in [0.05, 0.1) is 30.4 Å². The first-order valence-corrected chi connectivity index (χ1v) is 22.1. The lowest BCUT2D eigenvalue weighted by Crippen LogP contribution is -2.45. The summed E-state index contributed by atoms with van der Waals surface area (Å²) in [4.78, 5) is 54.0. The van der Waals surface area contributed by atoms with Gasteiger partial charge in [0.1, 0.15) is 11.5 Å². The topological polar surface area (TPSA) is 253 Å². The van der Waals surface area contributed by atoms with Gasteiger partial charge in [-0.3, -0.25) is 14.3 Å². The van der Waals surface area contributed by atoms with Gasteiger partial charge in [-0.1, -0.05) is 36.6 Å². The molecule has 5 rings (SSSR count). The Hall–Kier alpha value is -3.61. The number of carbonyl (C=O) groups is 2. The average Bonchev–Trinajstić information content (AvgIpc) is 3.68. The number of carbonyl (C=O) groups excluding carboxylic acids is 2. The molecule has 0 spiro atoms. The molecule has 2 unspecified atom stereocenters. The van der Waals surface area contributed by atoms with Gasteiger partial charge in [0.25, 0.3) is 0 Å². The van der Waals surface area contributed by atoms with Crippen molar-refractivity contribution in [2.24, 2.45) is 5.73 Å². The molecule has 2 aromatic heterocycles. The molecule has 18 nitrogen and oxygen atoms in total. The molecule has 2 aliphatic rings. The molecule has 0 radical (unpaired) electrons. The number of aryl methyl sites for hydroxylation is 1. The number of hydrogen-bond donors (Lipinski definition) is 10. The van der Waals surface area contributed by atoms with Gasteiger partial charge < -0.3 is 57.4 Å². The first kappa shape index (κ1) is 44.5. The maximum Gasteiger partial charge on any atom is 0.236 e. The summed E-state index contributed by atoms with van der Waals surface area (Å²) < 4.78 is 1.89. The minimum atomic E-state index is -2.08. The molecule has 19 heteroatoms. The molecule has 1 aliphatic carbocycles. The van der Waals surface area contributed by atoms with Crippen molar-refractivity contribution in [1.29, 1.82) is 0 Å². The summed E-state index contributed by atoms with van der Waals surface area (Å²) in [5.41, 5.74) is 7.50. The van der Waals surface area contributed by atoms with Crippen LogP contribution < -0.4 is 37.6 Å². The number of anilines is 2. The van der Waals surface area contributed by atoms with Crippen LogP contribution in [-0.2, 0) is 22.7 Å². The van der Waals surface area contributed by atoms with Crippen molar-refractivity contribution in [2.45, 2.75) is 108 Å². The number of likely N-dealkylation sites (tertiary alicyclic amines) is 1. The highest BCUT2D eigenvalue weighted by atomic mass is 31.2. The van der Waals surface area contributed by atoms with Crippen LogP contribution in [0.2, 0.25) is 0 Å². The molecule has 1 aromatic carbocycles. The van der Waals surface area contributed by atoms with Crippen LogP contribution in [0.3, 0.4) is 0 Å². The second kappa shape index (κ2) is 24.3. The molecule has 2 amide bonds. The van der Waals surface area contributed by atoms with Crippen LogP contribution in [0.5, 0.6) is 0 Å². The Morgan fingerprint density at radius 1 is 0.947 bits per heavy atom. The number of aromatic nitrogens is 5. The highest BCUT2D eigenvalue weighted by Gasteiger charge is 2.23. The Labute approximate surface area is 336 Å². The number of hydrogen-bond acceptors (Lipinski definition) is 15. The van der Waals surface area contributed by atoms with E-state index in [0.717, 1.165) is 93.4 Å². The number of β-amino-alcohol motifs (C(OH)–C–C–N with tert-alkyl or cyclic N) is 1. The summed E-state index contributed by atoms with van der Waals surface area (Å²) in [6, 6.07) is 7.97. The molecule has 1 saturated heterocycles. The molecule has 11 N–H and O–H groups in total. The van der Waals surface area contributed by atoms with Gasteiger partial charge >= 0.3 is 0 Å². The van der Waals surface area contributed by atoms with E-state index in [0.29, 0.717) is 19.0 Å². The molecule has 3 heterocycles. The Morgan fingerprint density at radius 2 is 1.74 bits per heavy atom. The number of rotatable bonds is 25. The Balaban J connectivity index is 0.973. The molecule has 316 valence electrons.